The third-order valence-electron chi connectivity index (χ3n) is 3.29. The highest BCUT2D eigenvalue weighted by Crippen LogP contribution is 2.40. The first-order valence-corrected chi connectivity index (χ1v) is 8.47. The van der Waals surface area contributed by atoms with E-state index in [2.05, 4.69) is 10.0 Å². The lowest BCUT2D eigenvalue weighted by Gasteiger charge is -2.25. The van der Waals surface area contributed by atoms with Crippen molar-refractivity contribution >= 4 is 21.4 Å². The number of sulfonamides is 1. The maximum atomic E-state index is 12.3. The van der Waals surface area contributed by atoms with Crippen molar-refractivity contribution in [1.82, 2.24) is 10.0 Å². The van der Waals surface area contributed by atoms with Gasteiger partial charge in [-0.15, -0.1) is 11.3 Å². The fourth-order valence-corrected chi connectivity index (χ4v) is 4.82. The van der Waals surface area contributed by atoms with Gasteiger partial charge in [-0.25, -0.2) is 13.1 Å². The van der Waals surface area contributed by atoms with Crippen LogP contribution in [0.1, 0.15) is 31.6 Å². The Morgan fingerprint density at radius 1 is 1.44 bits per heavy atom. The van der Waals surface area contributed by atoms with Crippen molar-refractivity contribution in [3.63, 3.8) is 0 Å². The number of hydrogen-bond acceptors (Lipinski definition) is 4. The zero-order chi connectivity index (χ0) is 13.4. The van der Waals surface area contributed by atoms with Gasteiger partial charge in [0.2, 0.25) is 10.0 Å². The molecular weight excluding hydrogens is 268 g/mol. The lowest BCUT2D eigenvalue weighted by Crippen LogP contribution is -2.44. The molecule has 1 fully saturated rings. The summed E-state index contributed by atoms with van der Waals surface area (Å²) in [6, 6.07) is 1.74. The summed E-state index contributed by atoms with van der Waals surface area (Å²) in [4.78, 5) is 1.41. The third kappa shape index (κ3) is 3.12. The highest BCUT2D eigenvalue weighted by atomic mass is 32.2. The maximum Gasteiger partial charge on any atom is 0.241 e. The summed E-state index contributed by atoms with van der Waals surface area (Å²) in [5.74, 6) is 0.475. The van der Waals surface area contributed by atoms with Crippen LogP contribution in [0.4, 0.5) is 0 Å². The summed E-state index contributed by atoms with van der Waals surface area (Å²) in [6.45, 7) is 4.62. The van der Waals surface area contributed by atoms with Gasteiger partial charge in [-0.05, 0) is 45.7 Å². The van der Waals surface area contributed by atoms with Crippen molar-refractivity contribution in [3.05, 3.63) is 16.3 Å². The second-order valence-electron chi connectivity index (χ2n) is 5.38. The third-order valence-corrected chi connectivity index (χ3v) is 6.02. The van der Waals surface area contributed by atoms with Crippen molar-refractivity contribution in [2.75, 3.05) is 7.05 Å². The molecule has 2 N–H and O–H groups in total. The molecule has 1 aromatic rings. The molecule has 4 nitrogen and oxygen atoms in total. The molecule has 0 unspecified atom stereocenters. The van der Waals surface area contributed by atoms with E-state index in [1.165, 1.54) is 11.3 Å². The molecule has 0 aliphatic heterocycles. The lowest BCUT2D eigenvalue weighted by atomic mass is 10.0. The molecule has 1 heterocycles. The number of rotatable bonds is 6. The van der Waals surface area contributed by atoms with Crippen LogP contribution in [0.25, 0.3) is 0 Å². The van der Waals surface area contributed by atoms with E-state index in [1.54, 1.807) is 11.4 Å². The van der Waals surface area contributed by atoms with Crippen LogP contribution in [-0.4, -0.2) is 21.0 Å². The van der Waals surface area contributed by atoms with Crippen LogP contribution in [-0.2, 0) is 16.6 Å². The normalized spacial score (nSPS) is 17.1. The maximum absolute atomic E-state index is 12.3. The Labute approximate surface area is 113 Å². The Morgan fingerprint density at radius 3 is 2.67 bits per heavy atom. The molecule has 0 bridgehead atoms. The van der Waals surface area contributed by atoms with E-state index in [0.29, 0.717) is 17.4 Å². The monoisotopic (exact) mass is 288 g/mol. The van der Waals surface area contributed by atoms with E-state index in [4.69, 9.17) is 0 Å². The van der Waals surface area contributed by atoms with Gasteiger partial charge >= 0.3 is 0 Å². The average molecular weight is 288 g/mol. The zero-order valence-corrected chi connectivity index (χ0v) is 12.6. The smallest absolute Gasteiger partial charge is 0.241 e. The lowest BCUT2D eigenvalue weighted by molar-refractivity contribution is 0.400. The van der Waals surface area contributed by atoms with Crippen LogP contribution in [0.5, 0.6) is 0 Å². The van der Waals surface area contributed by atoms with Gasteiger partial charge in [0.15, 0.2) is 0 Å². The molecular formula is C12H20N2O2S2. The van der Waals surface area contributed by atoms with E-state index in [-0.39, 0.29) is 5.54 Å². The van der Waals surface area contributed by atoms with Crippen molar-refractivity contribution < 1.29 is 8.42 Å². The van der Waals surface area contributed by atoms with Crippen molar-refractivity contribution in [2.45, 2.75) is 43.7 Å². The minimum atomic E-state index is -3.39. The fraction of sp³-hybridized carbons (Fsp3) is 0.667. The van der Waals surface area contributed by atoms with Gasteiger partial charge in [-0.2, -0.15) is 0 Å². The van der Waals surface area contributed by atoms with Crippen molar-refractivity contribution in [3.8, 4) is 0 Å². The van der Waals surface area contributed by atoms with Gasteiger partial charge < -0.3 is 5.32 Å². The second kappa shape index (κ2) is 4.92. The molecule has 102 valence electrons. The van der Waals surface area contributed by atoms with Crippen molar-refractivity contribution in [2.24, 2.45) is 5.92 Å². The van der Waals surface area contributed by atoms with E-state index in [1.807, 2.05) is 20.9 Å². The molecule has 1 saturated carbocycles. The molecule has 0 radical (unpaired) electrons. The average Bonchev–Trinajstić information content (AvgIpc) is 2.99. The first-order chi connectivity index (χ1) is 8.35. The summed E-state index contributed by atoms with van der Waals surface area (Å²) in [6.07, 6.45) is 2.23. The Kier molecular flexibility index (Phi) is 3.82. The Morgan fingerprint density at radius 2 is 2.11 bits per heavy atom. The van der Waals surface area contributed by atoms with Crippen LogP contribution in [0.2, 0.25) is 0 Å². The molecule has 2 rings (SSSR count). The van der Waals surface area contributed by atoms with Gasteiger partial charge in [0, 0.05) is 22.3 Å². The van der Waals surface area contributed by atoms with Gasteiger partial charge in [0.05, 0.1) is 4.90 Å². The topological polar surface area (TPSA) is 58.2 Å². The second-order valence-corrected chi connectivity index (χ2v) is 8.06. The first-order valence-electron chi connectivity index (χ1n) is 6.11. The summed E-state index contributed by atoms with van der Waals surface area (Å²) in [7, 11) is -1.54. The number of thiophene rings is 1. The van der Waals surface area contributed by atoms with Gasteiger partial charge in [0.1, 0.15) is 0 Å². The van der Waals surface area contributed by atoms with Gasteiger partial charge in [-0.1, -0.05) is 0 Å². The van der Waals surface area contributed by atoms with E-state index >= 15 is 0 Å². The highest BCUT2D eigenvalue weighted by Gasteiger charge is 2.40. The largest absolute Gasteiger partial charge is 0.315 e. The Balaban J connectivity index is 2.14. The molecule has 1 aromatic heterocycles. The Hall–Kier alpha value is -0.430. The van der Waals surface area contributed by atoms with Crippen LogP contribution in [0.15, 0.2) is 16.3 Å². The predicted octanol–water partition coefficient (Wildman–Crippen LogP) is 1.93. The molecule has 0 saturated heterocycles. The SMILES string of the molecule is CNCc1cc(S(=O)(=O)NC(C)(C)C2CC2)cs1. The zero-order valence-electron chi connectivity index (χ0n) is 11.0. The van der Waals surface area contributed by atoms with Crippen LogP contribution in [0.3, 0.4) is 0 Å². The molecule has 6 heteroatoms. The summed E-state index contributed by atoms with van der Waals surface area (Å²) in [5, 5.41) is 4.73. The standard InChI is InChI=1S/C12H20N2O2S2/c1-12(2,9-4-5-9)14-18(15,16)11-6-10(7-13-3)17-8-11/h6,8-9,13-14H,4-5,7H2,1-3H3. The molecule has 0 spiro atoms. The van der Waals surface area contributed by atoms with Gasteiger partial charge in [-0.3, -0.25) is 0 Å². The minimum Gasteiger partial charge on any atom is -0.315 e. The fourth-order valence-electron chi connectivity index (χ4n) is 2.06. The molecule has 1 aliphatic carbocycles. The first kappa shape index (κ1) is 14.0. The number of nitrogens with one attached hydrogen (secondary N) is 2. The van der Waals surface area contributed by atoms with Gasteiger partial charge in [0.25, 0.3) is 0 Å². The molecule has 1 aliphatic rings. The quantitative estimate of drug-likeness (QED) is 0.841. The summed E-state index contributed by atoms with van der Waals surface area (Å²) < 4.78 is 27.4. The summed E-state index contributed by atoms with van der Waals surface area (Å²) in [5.41, 5.74) is -0.343. The van der Waals surface area contributed by atoms with E-state index < -0.39 is 10.0 Å². The molecule has 0 amide bonds. The van der Waals surface area contributed by atoms with Crippen LogP contribution >= 0.6 is 11.3 Å². The Bertz CT molecular complexity index is 516. The van der Waals surface area contributed by atoms with Crippen LogP contribution < -0.4 is 10.0 Å². The van der Waals surface area contributed by atoms with Crippen molar-refractivity contribution in [1.29, 1.82) is 0 Å². The predicted molar refractivity (Wildman–Crippen MR) is 74.2 cm³/mol. The molecule has 0 atom stereocenters. The van der Waals surface area contributed by atoms with Crippen LogP contribution in [0, 0.1) is 5.92 Å². The van der Waals surface area contributed by atoms with E-state index in [9.17, 15) is 8.42 Å². The highest BCUT2D eigenvalue weighted by molar-refractivity contribution is 7.89. The van der Waals surface area contributed by atoms with E-state index in [0.717, 1.165) is 17.7 Å². The minimum absolute atomic E-state index is 0.343. The molecule has 0 aromatic carbocycles. The number of hydrogen-bond donors (Lipinski definition) is 2. The molecule has 18 heavy (non-hydrogen) atoms. The summed E-state index contributed by atoms with van der Waals surface area (Å²) >= 11 is 1.47.